The lowest BCUT2D eigenvalue weighted by Gasteiger charge is -2.23. The van der Waals surface area contributed by atoms with Crippen molar-refractivity contribution in [3.05, 3.63) is 52.0 Å². The van der Waals surface area contributed by atoms with Gasteiger partial charge < -0.3 is 14.8 Å². The summed E-state index contributed by atoms with van der Waals surface area (Å²) in [5.74, 6) is 1.11. The molecule has 0 saturated heterocycles. The molecule has 10 heteroatoms. The highest BCUT2D eigenvalue weighted by Crippen LogP contribution is 2.31. The molecular formula is C21H26Cl2N2O5S. The molecule has 0 bridgehead atoms. The van der Waals surface area contributed by atoms with Gasteiger partial charge in [0, 0.05) is 24.5 Å². The third-order valence-electron chi connectivity index (χ3n) is 4.53. The molecule has 0 unspecified atom stereocenters. The van der Waals surface area contributed by atoms with Gasteiger partial charge in [-0.05, 0) is 48.7 Å². The Bertz CT molecular complexity index is 1010. The van der Waals surface area contributed by atoms with Crippen LogP contribution in [0.5, 0.6) is 11.5 Å². The lowest BCUT2D eigenvalue weighted by atomic mass is 10.1. The molecule has 2 aromatic carbocycles. The zero-order valence-corrected chi connectivity index (χ0v) is 20.0. The van der Waals surface area contributed by atoms with Crippen LogP contribution in [0.15, 0.2) is 36.4 Å². The Hall–Kier alpha value is -2.16. The summed E-state index contributed by atoms with van der Waals surface area (Å²) in [4.78, 5) is 12.2. The van der Waals surface area contributed by atoms with E-state index < -0.39 is 10.0 Å². The number of benzene rings is 2. The van der Waals surface area contributed by atoms with E-state index in [2.05, 4.69) is 5.32 Å². The van der Waals surface area contributed by atoms with Gasteiger partial charge in [-0.15, -0.1) is 0 Å². The Morgan fingerprint density at radius 2 is 1.77 bits per heavy atom. The Morgan fingerprint density at radius 3 is 2.42 bits per heavy atom. The number of nitrogens with one attached hydrogen (secondary N) is 1. The molecule has 0 spiro atoms. The molecule has 7 nitrogen and oxygen atoms in total. The van der Waals surface area contributed by atoms with Crippen molar-refractivity contribution in [3.63, 3.8) is 0 Å². The zero-order chi connectivity index (χ0) is 23.0. The monoisotopic (exact) mass is 488 g/mol. The lowest BCUT2D eigenvalue weighted by Crippen LogP contribution is -2.32. The number of carbonyl (C=O) groups excluding carboxylic acids is 1. The van der Waals surface area contributed by atoms with Crippen molar-refractivity contribution < 1.29 is 22.7 Å². The summed E-state index contributed by atoms with van der Waals surface area (Å²) in [6.07, 6.45) is 2.22. The molecule has 0 radical (unpaired) electrons. The quantitative estimate of drug-likeness (QED) is 0.518. The molecule has 2 aromatic rings. The van der Waals surface area contributed by atoms with Crippen LogP contribution in [0.25, 0.3) is 0 Å². The van der Waals surface area contributed by atoms with E-state index >= 15 is 0 Å². The number of anilines is 1. The van der Waals surface area contributed by atoms with Crippen molar-refractivity contribution in [1.82, 2.24) is 5.32 Å². The Balaban J connectivity index is 1.87. The summed E-state index contributed by atoms with van der Waals surface area (Å²) < 4.78 is 36.1. The number of ether oxygens (including phenoxy) is 2. The number of sulfonamides is 1. The van der Waals surface area contributed by atoms with E-state index in [-0.39, 0.29) is 23.9 Å². The third kappa shape index (κ3) is 7.48. The molecular weight excluding hydrogens is 463 g/mol. The molecule has 0 aliphatic heterocycles. The molecule has 170 valence electrons. The molecule has 0 aliphatic rings. The highest BCUT2D eigenvalue weighted by Gasteiger charge is 2.20. The Morgan fingerprint density at radius 1 is 1.06 bits per heavy atom. The SMILES string of the molecule is COc1ccc(CCNC(=O)CCCN(c2cc(Cl)ccc2Cl)S(C)(=O)=O)cc1OC. The van der Waals surface area contributed by atoms with Crippen molar-refractivity contribution >= 4 is 44.8 Å². The molecule has 0 atom stereocenters. The maximum absolute atomic E-state index is 12.2. The van der Waals surface area contributed by atoms with Crippen molar-refractivity contribution in [1.29, 1.82) is 0 Å². The zero-order valence-electron chi connectivity index (χ0n) is 17.7. The van der Waals surface area contributed by atoms with Crippen molar-refractivity contribution in [2.45, 2.75) is 19.3 Å². The fourth-order valence-electron chi connectivity index (χ4n) is 3.00. The van der Waals surface area contributed by atoms with Crippen molar-refractivity contribution in [2.24, 2.45) is 0 Å². The maximum atomic E-state index is 12.2. The molecule has 31 heavy (non-hydrogen) atoms. The highest BCUT2D eigenvalue weighted by atomic mass is 35.5. The van der Waals surface area contributed by atoms with Crippen LogP contribution < -0.4 is 19.1 Å². The fourth-order valence-corrected chi connectivity index (χ4v) is 4.40. The third-order valence-corrected chi connectivity index (χ3v) is 6.26. The number of amides is 1. The van der Waals surface area contributed by atoms with E-state index in [4.69, 9.17) is 32.7 Å². The second-order valence-electron chi connectivity index (χ2n) is 6.82. The van der Waals surface area contributed by atoms with E-state index in [1.807, 2.05) is 18.2 Å². The highest BCUT2D eigenvalue weighted by molar-refractivity contribution is 7.92. The minimum Gasteiger partial charge on any atom is -0.493 e. The number of halogens is 2. The first-order valence-electron chi connectivity index (χ1n) is 9.56. The van der Waals surface area contributed by atoms with E-state index in [1.165, 1.54) is 12.1 Å². The van der Waals surface area contributed by atoms with Gasteiger partial charge >= 0.3 is 0 Å². The topological polar surface area (TPSA) is 84.9 Å². The number of carbonyl (C=O) groups is 1. The Kier molecular flexibility index (Phi) is 9.28. The van der Waals surface area contributed by atoms with Crippen LogP contribution in [0.4, 0.5) is 5.69 Å². The van der Waals surface area contributed by atoms with Gasteiger partial charge in [0.1, 0.15) is 0 Å². The minimum absolute atomic E-state index is 0.113. The van der Waals surface area contributed by atoms with Gasteiger partial charge in [-0.3, -0.25) is 9.10 Å². The molecule has 0 aliphatic carbocycles. The van der Waals surface area contributed by atoms with Gasteiger partial charge in [0.25, 0.3) is 0 Å². The van der Waals surface area contributed by atoms with Gasteiger partial charge in [0.05, 0.1) is 31.2 Å². The molecule has 1 N–H and O–H groups in total. The predicted molar refractivity (Wildman–Crippen MR) is 124 cm³/mol. The first kappa shape index (κ1) is 25.1. The van der Waals surface area contributed by atoms with E-state index in [0.717, 1.165) is 16.1 Å². The summed E-state index contributed by atoms with van der Waals surface area (Å²) in [5, 5.41) is 3.49. The number of methoxy groups -OCH3 is 2. The second kappa shape index (κ2) is 11.5. The summed E-state index contributed by atoms with van der Waals surface area (Å²) in [6.45, 7) is 0.562. The number of hydrogen-bond donors (Lipinski definition) is 1. The molecule has 2 rings (SSSR count). The summed E-state index contributed by atoms with van der Waals surface area (Å²) in [6, 6.07) is 10.2. The van der Waals surface area contributed by atoms with Gasteiger partial charge in [-0.25, -0.2) is 8.42 Å². The van der Waals surface area contributed by atoms with Crippen LogP contribution in [-0.4, -0.2) is 47.9 Å². The second-order valence-corrected chi connectivity index (χ2v) is 9.57. The molecule has 0 saturated carbocycles. The maximum Gasteiger partial charge on any atom is 0.232 e. The lowest BCUT2D eigenvalue weighted by molar-refractivity contribution is -0.121. The molecule has 0 aromatic heterocycles. The smallest absolute Gasteiger partial charge is 0.232 e. The average Bonchev–Trinajstić information content (AvgIpc) is 2.72. The standard InChI is InChI=1S/C21H26Cl2N2O5S/c1-29-19-9-6-15(13-20(19)30-2)10-11-24-21(26)5-4-12-25(31(3,27)28)18-14-16(22)7-8-17(18)23/h6-9,13-14H,4-5,10-12H2,1-3H3,(H,24,26). The predicted octanol–water partition coefficient (Wildman–Crippen LogP) is 3.92. The van der Waals surface area contributed by atoms with Gasteiger partial charge in [0.15, 0.2) is 11.5 Å². The number of hydrogen-bond acceptors (Lipinski definition) is 5. The molecule has 0 heterocycles. The van der Waals surface area contributed by atoms with Crippen LogP contribution in [0.1, 0.15) is 18.4 Å². The van der Waals surface area contributed by atoms with Crippen molar-refractivity contribution in [2.75, 3.05) is 37.9 Å². The summed E-state index contributed by atoms with van der Waals surface area (Å²) in [5.41, 5.74) is 1.29. The van der Waals surface area contributed by atoms with Crippen LogP contribution in [0.3, 0.4) is 0 Å². The number of nitrogens with zero attached hydrogens (tertiary/aromatic N) is 1. The fraction of sp³-hybridized carbons (Fsp3) is 0.381. The first-order valence-corrected chi connectivity index (χ1v) is 12.2. The van der Waals surface area contributed by atoms with E-state index in [1.54, 1.807) is 20.3 Å². The number of rotatable bonds is 11. The van der Waals surface area contributed by atoms with Crippen LogP contribution in [-0.2, 0) is 21.2 Å². The van der Waals surface area contributed by atoms with Gasteiger partial charge in [0.2, 0.25) is 15.9 Å². The minimum atomic E-state index is -3.58. The van der Waals surface area contributed by atoms with Crippen LogP contribution in [0.2, 0.25) is 10.0 Å². The van der Waals surface area contributed by atoms with E-state index in [9.17, 15) is 13.2 Å². The van der Waals surface area contributed by atoms with Crippen LogP contribution >= 0.6 is 23.2 Å². The average molecular weight is 489 g/mol. The molecule has 1 amide bonds. The normalized spacial score (nSPS) is 11.1. The Labute approximate surface area is 193 Å². The summed E-state index contributed by atoms with van der Waals surface area (Å²) in [7, 11) is -0.442. The van der Waals surface area contributed by atoms with Crippen LogP contribution in [0, 0.1) is 0 Å². The van der Waals surface area contributed by atoms with Gasteiger partial charge in [-0.2, -0.15) is 0 Å². The first-order chi connectivity index (χ1) is 14.7. The summed E-state index contributed by atoms with van der Waals surface area (Å²) >= 11 is 12.1. The van der Waals surface area contributed by atoms with E-state index in [0.29, 0.717) is 41.6 Å². The largest absolute Gasteiger partial charge is 0.493 e. The van der Waals surface area contributed by atoms with Crippen molar-refractivity contribution in [3.8, 4) is 11.5 Å². The van der Waals surface area contributed by atoms with Gasteiger partial charge in [-0.1, -0.05) is 29.3 Å². The molecule has 0 fully saturated rings.